The average Bonchev–Trinajstić information content (AvgIpc) is 2.67. The Kier molecular flexibility index (Phi) is 3.78. The molecule has 2 aliphatic rings. The number of nitrogens with zero attached hydrogens (tertiary/aromatic N) is 1. The van der Waals surface area contributed by atoms with Crippen LogP contribution < -0.4 is 5.32 Å². The van der Waals surface area contributed by atoms with Crippen LogP contribution in [0.15, 0.2) is 12.7 Å². The molecule has 2 unspecified atom stereocenters. The van der Waals surface area contributed by atoms with E-state index in [9.17, 15) is 9.59 Å². The SMILES string of the molecule is C=CC(=O)NCCC(=O)N1CC2CCC(C1)O2. The maximum atomic E-state index is 11.9. The first-order chi connectivity index (χ1) is 8.19. The second-order valence-electron chi connectivity index (χ2n) is 4.50. The van der Waals surface area contributed by atoms with Gasteiger partial charge in [-0.15, -0.1) is 0 Å². The molecule has 2 fully saturated rings. The largest absolute Gasteiger partial charge is 0.371 e. The molecule has 1 N–H and O–H groups in total. The highest BCUT2D eigenvalue weighted by Crippen LogP contribution is 2.26. The number of morpholine rings is 1. The van der Waals surface area contributed by atoms with Crippen LogP contribution in [-0.4, -0.2) is 48.6 Å². The van der Waals surface area contributed by atoms with Crippen molar-refractivity contribution in [2.24, 2.45) is 0 Å². The van der Waals surface area contributed by atoms with Gasteiger partial charge >= 0.3 is 0 Å². The molecule has 94 valence electrons. The summed E-state index contributed by atoms with van der Waals surface area (Å²) in [6.45, 7) is 5.12. The maximum absolute atomic E-state index is 11.9. The molecule has 2 bridgehead atoms. The van der Waals surface area contributed by atoms with Crippen molar-refractivity contribution in [2.45, 2.75) is 31.5 Å². The first-order valence-electron chi connectivity index (χ1n) is 6.02. The average molecular weight is 238 g/mol. The summed E-state index contributed by atoms with van der Waals surface area (Å²) in [5.41, 5.74) is 0. The van der Waals surface area contributed by atoms with E-state index in [4.69, 9.17) is 4.74 Å². The Bertz CT molecular complexity index is 318. The van der Waals surface area contributed by atoms with Crippen molar-refractivity contribution in [3.05, 3.63) is 12.7 Å². The van der Waals surface area contributed by atoms with Crippen LogP contribution in [0.25, 0.3) is 0 Å². The Hall–Kier alpha value is -1.36. The van der Waals surface area contributed by atoms with E-state index in [0.29, 0.717) is 26.1 Å². The second kappa shape index (κ2) is 5.31. The van der Waals surface area contributed by atoms with Gasteiger partial charge in [-0.05, 0) is 18.9 Å². The van der Waals surface area contributed by atoms with Crippen molar-refractivity contribution in [2.75, 3.05) is 19.6 Å². The van der Waals surface area contributed by atoms with E-state index in [0.717, 1.165) is 12.8 Å². The van der Waals surface area contributed by atoms with Crippen molar-refractivity contribution in [3.63, 3.8) is 0 Å². The molecular weight excluding hydrogens is 220 g/mol. The molecule has 2 heterocycles. The minimum absolute atomic E-state index is 0.0922. The van der Waals surface area contributed by atoms with E-state index in [-0.39, 0.29) is 24.0 Å². The lowest BCUT2D eigenvalue weighted by Crippen LogP contribution is -2.46. The number of ether oxygens (including phenoxy) is 1. The summed E-state index contributed by atoms with van der Waals surface area (Å²) in [5.74, 6) is -0.144. The van der Waals surface area contributed by atoms with E-state index in [1.807, 2.05) is 4.90 Å². The zero-order chi connectivity index (χ0) is 12.3. The summed E-state index contributed by atoms with van der Waals surface area (Å²) in [6, 6.07) is 0. The molecule has 2 atom stereocenters. The molecule has 5 heteroatoms. The molecular formula is C12H18N2O3. The molecule has 0 aromatic carbocycles. The third kappa shape index (κ3) is 3.06. The lowest BCUT2D eigenvalue weighted by Gasteiger charge is -2.32. The normalized spacial score (nSPS) is 26.7. The first kappa shape index (κ1) is 12.1. The van der Waals surface area contributed by atoms with E-state index >= 15 is 0 Å². The predicted octanol–water partition coefficient (Wildman–Crippen LogP) is 0.0685. The Morgan fingerprint density at radius 1 is 1.35 bits per heavy atom. The number of likely N-dealkylation sites (tertiary alicyclic amines) is 1. The van der Waals surface area contributed by atoms with Crippen molar-refractivity contribution < 1.29 is 14.3 Å². The number of rotatable bonds is 4. The summed E-state index contributed by atoms with van der Waals surface area (Å²) in [7, 11) is 0. The van der Waals surface area contributed by atoms with Gasteiger partial charge in [-0.3, -0.25) is 9.59 Å². The van der Waals surface area contributed by atoms with Crippen LogP contribution in [0.1, 0.15) is 19.3 Å². The molecule has 2 amide bonds. The first-order valence-corrected chi connectivity index (χ1v) is 6.02. The molecule has 2 rings (SSSR count). The van der Waals surface area contributed by atoms with Gasteiger partial charge in [0.2, 0.25) is 11.8 Å². The summed E-state index contributed by atoms with van der Waals surface area (Å²) in [4.78, 5) is 24.6. The topological polar surface area (TPSA) is 58.6 Å². The summed E-state index contributed by atoms with van der Waals surface area (Å²) >= 11 is 0. The fourth-order valence-electron chi connectivity index (χ4n) is 2.34. The molecule has 0 aromatic rings. The molecule has 5 nitrogen and oxygen atoms in total. The number of fused-ring (bicyclic) bond motifs is 2. The standard InChI is InChI=1S/C12H18N2O3/c1-2-11(15)13-6-5-12(16)14-7-9-3-4-10(8-14)17-9/h2,9-10H,1,3-8H2,(H,13,15). The minimum Gasteiger partial charge on any atom is -0.371 e. The van der Waals surface area contributed by atoms with Gasteiger partial charge in [0, 0.05) is 26.1 Å². The highest BCUT2D eigenvalue weighted by molar-refractivity contribution is 5.87. The summed E-state index contributed by atoms with van der Waals surface area (Å²) in [6.07, 6.45) is 4.11. The van der Waals surface area contributed by atoms with Crippen LogP contribution in [0.5, 0.6) is 0 Å². The quantitative estimate of drug-likeness (QED) is 0.705. The summed E-state index contributed by atoms with van der Waals surface area (Å²) in [5, 5.41) is 2.60. The molecule has 0 aliphatic carbocycles. The zero-order valence-corrected chi connectivity index (χ0v) is 9.85. The van der Waals surface area contributed by atoms with E-state index in [1.54, 1.807) is 0 Å². The number of carbonyl (C=O) groups is 2. The van der Waals surface area contributed by atoms with Gasteiger partial charge in [0.15, 0.2) is 0 Å². The van der Waals surface area contributed by atoms with Crippen LogP contribution in [0.2, 0.25) is 0 Å². The number of amides is 2. The van der Waals surface area contributed by atoms with Gasteiger partial charge in [0.1, 0.15) is 0 Å². The van der Waals surface area contributed by atoms with E-state index < -0.39 is 0 Å². The van der Waals surface area contributed by atoms with Crippen molar-refractivity contribution in [1.29, 1.82) is 0 Å². The third-order valence-electron chi connectivity index (χ3n) is 3.22. The van der Waals surface area contributed by atoms with Gasteiger partial charge in [-0.1, -0.05) is 6.58 Å². The van der Waals surface area contributed by atoms with Gasteiger partial charge in [-0.2, -0.15) is 0 Å². The number of carbonyl (C=O) groups excluding carboxylic acids is 2. The Labute approximate surface area is 101 Å². The van der Waals surface area contributed by atoms with Gasteiger partial charge < -0.3 is 15.0 Å². The van der Waals surface area contributed by atoms with Crippen molar-refractivity contribution >= 4 is 11.8 Å². The Morgan fingerprint density at radius 3 is 2.59 bits per heavy atom. The molecule has 2 aliphatic heterocycles. The van der Waals surface area contributed by atoms with Crippen LogP contribution in [0.4, 0.5) is 0 Å². The fraction of sp³-hybridized carbons (Fsp3) is 0.667. The smallest absolute Gasteiger partial charge is 0.243 e. The van der Waals surface area contributed by atoms with Gasteiger partial charge in [0.25, 0.3) is 0 Å². The van der Waals surface area contributed by atoms with E-state index in [1.165, 1.54) is 6.08 Å². The highest BCUT2D eigenvalue weighted by atomic mass is 16.5. The minimum atomic E-state index is -0.236. The van der Waals surface area contributed by atoms with E-state index in [2.05, 4.69) is 11.9 Å². The number of nitrogens with one attached hydrogen (secondary N) is 1. The van der Waals surface area contributed by atoms with Crippen LogP contribution >= 0.6 is 0 Å². The van der Waals surface area contributed by atoms with Crippen LogP contribution in [0.3, 0.4) is 0 Å². The second-order valence-corrected chi connectivity index (χ2v) is 4.50. The molecule has 2 saturated heterocycles. The zero-order valence-electron chi connectivity index (χ0n) is 9.85. The Morgan fingerprint density at radius 2 is 2.00 bits per heavy atom. The van der Waals surface area contributed by atoms with Crippen LogP contribution in [0, 0.1) is 0 Å². The van der Waals surface area contributed by atoms with Crippen molar-refractivity contribution in [1.82, 2.24) is 10.2 Å². The highest BCUT2D eigenvalue weighted by Gasteiger charge is 2.35. The molecule has 0 spiro atoms. The molecule has 0 aromatic heterocycles. The maximum Gasteiger partial charge on any atom is 0.243 e. The molecule has 17 heavy (non-hydrogen) atoms. The molecule has 0 radical (unpaired) electrons. The third-order valence-corrected chi connectivity index (χ3v) is 3.22. The monoisotopic (exact) mass is 238 g/mol. The predicted molar refractivity (Wildman–Crippen MR) is 62.3 cm³/mol. The van der Waals surface area contributed by atoms with Gasteiger partial charge in [-0.25, -0.2) is 0 Å². The number of hydrogen-bond acceptors (Lipinski definition) is 3. The Balaban J connectivity index is 1.73. The number of hydrogen-bond donors (Lipinski definition) is 1. The van der Waals surface area contributed by atoms with Crippen molar-refractivity contribution in [3.8, 4) is 0 Å². The fourth-order valence-corrected chi connectivity index (χ4v) is 2.34. The lowest BCUT2D eigenvalue weighted by atomic mass is 10.2. The van der Waals surface area contributed by atoms with Gasteiger partial charge in [0.05, 0.1) is 12.2 Å². The lowest BCUT2D eigenvalue weighted by molar-refractivity contribution is -0.139. The van der Waals surface area contributed by atoms with Crippen LogP contribution in [-0.2, 0) is 14.3 Å². The molecule has 0 saturated carbocycles. The summed E-state index contributed by atoms with van der Waals surface area (Å²) < 4.78 is 5.66.